The summed E-state index contributed by atoms with van der Waals surface area (Å²) in [5.41, 5.74) is 0. The Morgan fingerprint density at radius 2 is 2.06 bits per heavy atom. The quantitative estimate of drug-likeness (QED) is 0.610. The number of hydrogen-bond donors (Lipinski definition) is 2. The zero-order valence-corrected chi connectivity index (χ0v) is 10.5. The Labute approximate surface area is 98.2 Å². The highest BCUT2D eigenvalue weighted by Gasteiger charge is 2.09. The average Bonchev–Trinajstić information content (AvgIpc) is 2.28. The summed E-state index contributed by atoms with van der Waals surface area (Å²) in [5.74, 6) is 0.156. The molecule has 0 aromatic rings. The molecule has 0 bridgehead atoms. The van der Waals surface area contributed by atoms with Crippen molar-refractivity contribution in [3.05, 3.63) is 0 Å². The van der Waals surface area contributed by atoms with Crippen LogP contribution in [0.4, 0.5) is 0 Å². The monoisotopic (exact) mass is 228 g/mol. The van der Waals surface area contributed by atoms with Crippen molar-refractivity contribution in [3.8, 4) is 0 Å². The maximum absolute atomic E-state index is 11.4. The van der Waals surface area contributed by atoms with Gasteiger partial charge in [0.25, 0.3) is 0 Å². The van der Waals surface area contributed by atoms with Gasteiger partial charge in [-0.05, 0) is 14.1 Å². The molecule has 1 aliphatic rings. The fourth-order valence-electron chi connectivity index (χ4n) is 1.70. The summed E-state index contributed by atoms with van der Waals surface area (Å²) in [4.78, 5) is 15.8. The van der Waals surface area contributed by atoms with Crippen LogP contribution in [0.5, 0.6) is 0 Å². The highest BCUT2D eigenvalue weighted by atomic mass is 16.1. The van der Waals surface area contributed by atoms with Crippen LogP contribution in [0.15, 0.2) is 0 Å². The van der Waals surface area contributed by atoms with Crippen LogP contribution in [-0.4, -0.2) is 75.6 Å². The van der Waals surface area contributed by atoms with Gasteiger partial charge in [0.2, 0.25) is 5.91 Å². The predicted octanol–water partition coefficient (Wildman–Crippen LogP) is -1.04. The number of rotatable bonds is 6. The van der Waals surface area contributed by atoms with Crippen molar-refractivity contribution >= 4 is 5.91 Å². The Balaban J connectivity index is 1.99. The predicted molar refractivity (Wildman–Crippen MR) is 65.5 cm³/mol. The van der Waals surface area contributed by atoms with Gasteiger partial charge in [-0.1, -0.05) is 0 Å². The third-order valence-electron chi connectivity index (χ3n) is 2.75. The molecule has 1 saturated heterocycles. The maximum Gasteiger partial charge on any atom is 0.221 e. The zero-order valence-electron chi connectivity index (χ0n) is 10.5. The highest BCUT2D eigenvalue weighted by Crippen LogP contribution is 1.90. The first kappa shape index (κ1) is 13.4. The molecule has 0 aromatic carbocycles. The molecule has 16 heavy (non-hydrogen) atoms. The lowest BCUT2D eigenvalue weighted by atomic mass is 10.3. The minimum Gasteiger partial charge on any atom is -0.355 e. The largest absolute Gasteiger partial charge is 0.355 e. The van der Waals surface area contributed by atoms with E-state index in [-0.39, 0.29) is 5.91 Å². The molecule has 5 nitrogen and oxygen atoms in total. The molecule has 0 radical (unpaired) electrons. The van der Waals surface area contributed by atoms with Gasteiger partial charge in [0.05, 0.1) is 0 Å². The topological polar surface area (TPSA) is 47.6 Å². The van der Waals surface area contributed by atoms with E-state index < -0.39 is 0 Å². The number of hydrogen-bond acceptors (Lipinski definition) is 4. The summed E-state index contributed by atoms with van der Waals surface area (Å²) in [6.07, 6.45) is 0.592. The molecule has 1 heterocycles. The van der Waals surface area contributed by atoms with Crippen molar-refractivity contribution in [2.45, 2.75) is 6.42 Å². The van der Waals surface area contributed by atoms with Crippen LogP contribution in [0.1, 0.15) is 6.42 Å². The Morgan fingerprint density at radius 3 is 2.69 bits per heavy atom. The van der Waals surface area contributed by atoms with Crippen LogP contribution in [0, 0.1) is 0 Å². The number of amides is 1. The number of nitrogens with zero attached hydrogens (tertiary/aromatic N) is 2. The number of carbonyl (C=O) groups is 1. The highest BCUT2D eigenvalue weighted by molar-refractivity contribution is 5.76. The number of carbonyl (C=O) groups excluding carboxylic acids is 1. The van der Waals surface area contributed by atoms with Crippen LogP contribution < -0.4 is 10.6 Å². The second kappa shape index (κ2) is 7.60. The molecule has 1 amide bonds. The van der Waals surface area contributed by atoms with Crippen molar-refractivity contribution in [2.24, 2.45) is 0 Å². The number of piperazine rings is 1. The molecule has 2 N–H and O–H groups in total. The van der Waals surface area contributed by atoms with Gasteiger partial charge in [-0.25, -0.2) is 0 Å². The van der Waals surface area contributed by atoms with Gasteiger partial charge >= 0.3 is 0 Å². The van der Waals surface area contributed by atoms with E-state index in [0.717, 1.165) is 45.8 Å². The van der Waals surface area contributed by atoms with Gasteiger partial charge in [0.15, 0.2) is 0 Å². The lowest BCUT2D eigenvalue weighted by molar-refractivity contribution is -0.121. The zero-order chi connectivity index (χ0) is 11.8. The van der Waals surface area contributed by atoms with E-state index in [1.54, 1.807) is 0 Å². The van der Waals surface area contributed by atoms with Crippen molar-refractivity contribution in [3.63, 3.8) is 0 Å². The Hall–Kier alpha value is -0.650. The van der Waals surface area contributed by atoms with Crippen LogP contribution >= 0.6 is 0 Å². The van der Waals surface area contributed by atoms with E-state index in [9.17, 15) is 4.79 Å². The Bertz CT molecular complexity index is 202. The molecule has 0 aromatic heterocycles. The van der Waals surface area contributed by atoms with Crippen LogP contribution in [-0.2, 0) is 4.79 Å². The van der Waals surface area contributed by atoms with Crippen molar-refractivity contribution < 1.29 is 4.79 Å². The summed E-state index contributed by atoms with van der Waals surface area (Å²) in [6, 6.07) is 0. The van der Waals surface area contributed by atoms with E-state index in [0.29, 0.717) is 6.42 Å². The molecule has 94 valence electrons. The molecule has 0 aliphatic carbocycles. The smallest absolute Gasteiger partial charge is 0.221 e. The molecule has 0 saturated carbocycles. The van der Waals surface area contributed by atoms with E-state index >= 15 is 0 Å². The first-order valence-corrected chi connectivity index (χ1v) is 6.03. The van der Waals surface area contributed by atoms with E-state index in [4.69, 9.17) is 0 Å². The van der Waals surface area contributed by atoms with Gasteiger partial charge < -0.3 is 15.5 Å². The first-order chi connectivity index (χ1) is 7.68. The molecular formula is C11H24N4O. The third kappa shape index (κ3) is 6.05. The minimum atomic E-state index is 0.156. The van der Waals surface area contributed by atoms with Crippen LogP contribution in [0.2, 0.25) is 0 Å². The van der Waals surface area contributed by atoms with E-state index in [1.165, 1.54) is 0 Å². The first-order valence-electron chi connectivity index (χ1n) is 6.03. The van der Waals surface area contributed by atoms with Gasteiger partial charge in [0, 0.05) is 52.2 Å². The molecule has 0 unspecified atom stereocenters. The third-order valence-corrected chi connectivity index (χ3v) is 2.75. The second-order valence-corrected chi connectivity index (χ2v) is 4.49. The Morgan fingerprint density at radius 1 is 1.38 bits per heavy atom. The minimum absolute atomic E-state index is 0.156. The lowest BCUT2D eigenvalue weighted by Crippen LogP contribution is -2.46. The summed E-state index contributed by atoms with van der Waals surface area (Å²) in [7, 11) is 3.96. The van der Waals surface area contributed by atoms with Crippen molar-refractivity contribution in [1.29, 1.82) is 0 Å². The summed E-state index contributed by atoms with van der Waals surface area (Å²) < 4.78 is 0. The molecule has 0 atom stereocenters. The van der Waals surface area contributed by atoms with Gasteiger partial charge in [0.1, 0.15) is 0 Å². The van der Waals surface area contributed by atoms with Crippen molar-refractivity contribution in [1.82, 2.24) is 20.4 Å². The lowest BCUT2D eigenvalue weighted by Gasteiger charge is -2.27. The van der Waals surface area contributed by atoms with Crippen LogP contribution in [0.25, 0.3) is 0 Å². The fourth-order valence-corrected chi connectivity index (χ4v) is 1.70. The van der Waals surface area contributed by atoms with Gasteiger partial charge in [-0.2, -0.15) is 0 Å². The van der Waals surface area contributed by atoms with Crippen molar-refractivity contribution in [2.75, 3.05) is 59.9 Å². The van der Waals surface area contributed by atoms with Gasteiger partial charge in [-0.15, -0.1) is 0 Å². The summed E-state index contributed by atoms with van der Waals surface area (Å²) in [6.45, 7) is 6.87. The Kier molecular flexibility index (Phi) is 6.37. The summed E-state index contributed by atoms with van der Waals surface area (Å²) >= 11 is 0. The van der Waals surface area contributed by atoms with Crippen LogP contribution in [0.3, 0.4) is 0 Å². The normalized spacial score (nSPS) is 17.7. The molecule has 0 spiro atoms. The van der Waals surface area contributed by atoms with E-state index in [2.05, 4.69) is 15.5 Å². The molecule has 1 rings (SSSR count). The molecule has 5 heteroatoms. The molecule has 1 fully saturated rings. The SMILES string of the molecule is CN(C)CCC(=O)NCCN1CCNCC1. The second-order valence-electron chi connectivity index (χ2n) is 4.49. The van der Waals surface area contributed by atoms with Gasteiger partial charge in [-0.3, -0.25) is 9.69 Å². The molecule has 1 aliphatic heterocycles. The fraction of sp³-hybridized carbons (Fsp3) is 0.909. The van der Waals surface area contributed by atoms with E-state index in [1.807, 2.05) is 19.0 Å². The molecular weight excluding hydrogens is 204 g/mol. The maximum atomic E-state index is 11.4. The summed E-state index contributed by atoms with van der Waals surface area (Å²) in [5, 5.41) is 6.27. The number of nitrogens with one attached hydrogen (secondary N) is 2. The standard InChI is InChI=1S/C11H24N4O/c1-14(2)7-3-11(16)13-6-10-15-8-4-12-5-9-15/h12H,3-10H2,1-2H3,(H,13,16). The average molecular weight is 228 g/mol.